The molecule has 5 aromatic carbocycles. The fourth-order valence-corrected chi connectivity index (χ4v) is 5.16. The summed E-state index contributed by atoms with van der Waals surface area (Å²) in [7, 11) is 0. The van der Waals surface area contributed by atoms with E-state index in [2.05, 4.69) is 93.4 Å². The number of hydrogen-bond acceptors (Lipinski definition) is 3. The SMILES string of the molecule is Clc1nc(-c2ccccc2)nc(-c2cc(-n3c4ccccc4c4ccccc43)cc3ccccc23)n1. The Labute approximate surface area is 212 Å². The Morgan fingerprint density at radius 2 is 1.11 bits per heavy atom. The van der Waals surface area contributed by atoms with Crippen LogP contribution >= 0.6 is 11.6 Å². The molecule has 0 radical (unpaired) electrons. The van der Waals surface area contributed by atoms with Crippen molar-refractivity contribution in [2.24, 2.45) is 0 Å². The van der Waals surface area contributed by atoms with Crippen LogP contribution < -0.4 is 0 Å². The van der Waals surface area contributed by atoms with Gasteiger partial charge in [0.05, 0.1) is 11.0 Å². The molecule has 0 N–H and O–H groups in total. The van der Waals surface area contributed by atoms with Crippen molar-refractivity contribution in [3.8, 4) is 28.5 Å². The van der Waals surface area contributed by atoms with E-state index in [-0.39, 0.29) is 5.28 Å². The number of fused-ring (bicyclic) bond motifs is 4. The minimum atomic E-state index is 0.171. The molecule has 2 heterocycles. The number of para-hydroxylation sites is 2. The van der Waals surface area contributed by atoms with Gasteiger partial charge in [0.15, 0.2) is 11.6 Å². The van der Waals surface area contributed by atoms with Crippen LogP contribution in [0.5, 0.6) is 0 Å². The fourth-order valence-electron chi connectivity index (χ4n) is 5.00. The predicted molar refractivity (Wildman–Crippen MR) is 148 cm³/mol. The first-order valence-electron chi connectivity index (χ1n) is 11.7. The molecule has 7 aromatic rings. The summed E-state index contributed by atoms with van der Waals surface area (Å²) in [5, 5.41) is 4.77. The van der Waals surface area contributed by atoms with Gasteiger partial charge in [0.2, 0.25) is 5.28 Å². The average Bonchev–Trinajstić information content (AvgIpc) is 3.27. The number of benzene rings is 5. The summed E-state index contributed by atoms with van der Waals surface area (Å²) in [6.07, 6.45) is 0. The number of hydrogen-bond donors (Lipinski definition) is 0. The lowest BCUT2D eigenvalue weighted by molar-refractivity contribution is 1.07. The maximum absolute atomic E-state index is 6.43. The Morgan fingerprint density at radius 3 is 1.83 bits per heavy atom. The second-order valence-corrected chi connectivity index (χ2v) is 9.04. The Kier molecular flexibility index (Phi) is 4.79. The van der Waals surface area contributed by atoms with Crippen molar-refractivity contribution < 1.29 is 0 Å². The Balaban J connectivity index is 1.54. The van der Waals surface area contributed by atoms with E-state index in [1.54, 1.807) is 0 Å². The molecule has 0 unspecified atom stereocenters. The van der Waals surface area contributed by atoms with Gasteiger partial charge in [0.25, 0.3) is 0 Å². The summed E-state index contributed by atoms with van der Waals surface area (Å²) >= 11 is 6.43. The normalized spacial score (nSPS) is 11.5. The lowest BCUT2D eigenvalue weighted by atomic mass is 10.0. The van der Waals surface area contributed by atoms with E-state index >= 15 is 0 Å². The molecule has 0 bridgehead atoms. The smallest absolute Gasteiger partial charge is 0.226 e. The van der Waals surface area contributed by atoms with Crippen molar-refractivity contribution in [3.63, 3.8) is 0 Å². The third-order valence-corrected chi connectivity index (χ3v) is 6.73. The molecule has 0 atom stereocenters. The highest BCUT2D eigenvalue weighted by Gasteiger charge is 2.17. The molecule has 0 aliphatic carbocycles. The molecular weight excluding hydrogens is 464 g/mol. The van der Waals surface area contributed by atoms with Gasteiger partial charge in [-0.1, -0.05) is 91.0 Å². The van der Waals surface area contributed by atoms with Gasteiger partial charge in [-0.3, -0.25) is 0 Å². The standard InChI is InChI=1S/C31H19ClN4/c32-31-34-29(20-10-2-1-3-11-20)33-30(35-31)26-19-22(18-21-12-4-5-13-23(21)26)36-27-16-8-6-14-24(27)25-15-7-9-17-28(25)36/h1-19H. The van der Waals surface area contributed by atoms with E-state index in [0.29, 0.717) is 11.6 Å². The van der Waals surface area contributed by atoms with Crippen LogP contribution in [0.2, 0.25) is 5.28 Å². The third kappa shape index (κ3) is 3.35. The van der Waals surface area contributed by atoms with Crippen molar-refractivity contribution in [1.29, 1.82) is 0 Å². The molecule has 0 fully saturated rings. The monoisotopic (exact) mass is 482 g/mol. The Morgan fingerprint density at radius 1 is 0.528 bits per heavy atom. The van der Waals surface area contributed by atoms with Gasteiger partial charge in [0.1, 0.15) is 0 Å². The van der Waals surface area contributed by atoms with E-state index in [9.17, 15) is 0 Å². The Bertz CT molecular complexity index is 1850. The molecule has 4 nitrogen and oxygen atoms in total. The first kappa shape index (κ1) is 20.8. The molecule has 36 heavy (non-hydrogen) atoms. The highest BCUT2D eigenvalue weighted by Crippen LogP contribution is 2.36. The molecule has 0 aliphatic heterocycles. The van der Waals surface area contributed by atoms with Crippen LogP contribution in [0.3, 0.4) is 0 Å². The lowest BCUT2D eigenvalue weighted by Gasteiger charge is -2.13. The summed E-state index contributed by atoms with van der Waals surface area (Å²) in [5.41, 5.74) is 5.15. The van der Waals surface area contributed by atoms with Crippen LogP contribution in [0.4, 0.5) is 0 Å². The van der Waals surface area contributed by atoms with Crippen molar-refractivity contribution >= 4 is 44.2 Å². The van der Waals surface area contributed by atoms with Gasteiger partial charge in [-0.2, -0.15) is 9.97 Å². The van der Waals surface area contributed by atoms with Crippen molar-refractivity contribution in [2.45, 2.75) is 0 Å². The maximum atomic E-state index is 6.43. The summed E-state index contributed by atoms with van der Waals surface area (Å²) in [6, 6.07) is 39.5. The molecule has 0 saturated heterocycles. The highest BCUT2D eigenvalue weighted by atomic mass is 35.5. The van der Waals surface area contributed by atoms with Crippen LogP contribution in [0.15, 0.2) is 115 Å². The fraction of sp³-hybridized carbons (Fsp3) is 0. The summed E-state index contributed by atoms with van der Waals surface area (Å²) < 4.78 is 2.31. The van der Waals surface area contributed by atoms with E-state index in [1.165, 1.54) is 10.8 Å². The molecule has 0 aliphatic rings. The minimum Gasteiger partial charge on any atom is -0.309 e. The summed E-state index contributed by atoms with van der Waals surface area (Å²) in [6.45, 7) is 0. The molecule has 5 heteroatoms. The summed E-state index contributed by atoms with van der Waals surface area (Å²) in [4.78, 5) is 13.8. The lowest BCUT2D eigenvalue weighted by Crippen LogP contribution is -2.00. The predicted octanol–water partition coefficient (Wildman–Crippen LogP) is 8.11. The number of aromatic nitrogens is 4. The molecule has 0 saturated carbocycles. The van der Waals surface area contributed by atoms with Crippen LogP contribution in [0.1, 0.15) is 0 Å². The van der Waals surface area contributed by atoms with Crippen molar-refractivity contribution in [3.05, 3.63) is 121 Å². The molecule has 0 spiro atoms. The number of halogens is 1. The average molecular weight is 483 g/mol. The zero-order chi connectivity index (χ0) is 24.1. The van der Waals surface area contributed by atoms with E-state index in [1.807, 2.05) is 36.4 Å². The van der Waals surface area contributed by atoms with Gasteiger partial charge in [-0.25, -0.2) is 4.98 Å². The van der Waals surface area contributed by atoms with Gasteiger partial charge >= 0.3 is 0 Å². The van der Waals surface area contributed by atoms with E-state index in [4.69, 9.17) is 16.6 Å². The summed E-state index contributed by atoms with van der Waals surface area (Å²) in [5.74, 6) is 1.10. The number of rotatable bonds is 3. The first-order valence-corrected chi connectivity index (χ1v) is 12.1. The Hall–Kier alpha value is -4.54. The van der Waals surface area contributed by atoms with Crippen LogP contribution in [0.25, 0.3) is 61.0 Å². The molecule has 7 rings (SSSR count). The van der Waals surface area contributed by atoms with Crippen molar-refractivity contribution in [2.75, 3.05) is 0 Å². The van der Waals surface area contributed by atoms with Crippen molar-refractivity contribution in [1.82, 2.24) is 19.5 Å². The largest absolute Gasteiger partial charge is 0.309 e. The van der Waals surface area contributed by atoms with Crippen LogP contribution in [0, 0.1) is 0 Å². The second kappa shape index (κ2) is 8.29. The maximum Gasteiger partial charge on any atom is 0.226 e. The van der Waals surface area contributed by atoms with Gasteiger partial charge in [0, 0.05) is 27.6 Å². The molecule has 2 aromatic heterocycles. The van der Waals surface area contributed by atoms with Gasteiger partial charge < -0.3 is 4.57 Å². The number of nitrogens with zero attached hydrogens (tertiary/aromatic N) is 4. The first-order chi connectivity index (χ1) is 17.8. The van der Waals surface area contributed by atoms with E-state index < -0.39 is 0 Å². The van der Waals surface area contributed by atoms with Gasteiger partial charge in [-0.05, 0) is 46.6 Å². The van der Waals surface area contributed by atoms with Gasteiger partial charge in [-0.15, -0.1) is 0 Å². The van der Waals surface area contributed by atoms with Crippen LogP contribution in [-0.2, 0) is 0 Å². The van der Waals surface area contributed by atoms with Crippen LogP contribution in [-0.4, -0.2) is 19.5 Å². The third-order valence-electron chi connectivity index (χ3n) is 6.57. The second-order valence-electron chi connectivity index (χ2n) is 8.70. The molecule has 0 amide bonds. The minimum absolute atomic E-state index is 0.171. The van der Waals surface area contributed by atoms with E-state index in [0.717, 1.165) is 38.6 Å². The highest BCUT2D eigenvalue weighted by molar-refractivity contribution is 6.28. The topological polar surface area (TPSA) is 43.6 Å². The molecule has 170 valence electrons. The zero-order valence-electron chi connectivity index (χ0n) is 19.1. The zero-order valence-corrected chi connectivity index (χ0v) is 19.9. The quantitative estimate of drug-likeness (QED) is 0.255. The molecular formula is C31H19ClN4.